The summed E-state index contributed by atoms with van der Waals surface area (Å²) in [7, 11) is 2.08. The number of hydrogen-bond donors (Lipinski definition) is 0. The number of aryl methyl sites for hydroxylation is 1. The van der Waals surface area contributed by atoms with Crippen molar-refractivity contribution in [3.05, 3.63) is 47.7 Å². The first-order valence-corrected chi connectivity index (χ1v) is 9.91. The molecule has 0 bridgehead atoms. The zero-order valence-corrected chi connectivity index (χ0v) is 16.7. The van der Waals surface area contributed by atoms with Crippen molar-refractivity contribution in [2.75, 3.05) is 20.1 Å². The second kappa shape index (κ2) is 7.09. The van der Waals surface area contributed by atoms with E-state index in [1.807, 2.05) is 10.9 Å². The number of benzene rings is 1. The van der Waals surface area contributed by atoms with Gasteiger partial charge < -0.3 is 4.90 Å². The van der Waals surface area contributed by atoms with E-state index in [0.717, 1.165) is 25.9 Å². The molecule has 1 saturated heterocycles. The predicted molar refractivity (Wildman–Crippen MR) is 107 cm³/mol. The molecule has 30 heavy (non-hydrogen) atoms. The highest BCUT2D eigenvalue weighted by molar-refractivity contribution is 5.84. The fourth-order valence-corrected chi connectivity index (χ4v) is 4.12. The van der Waals surface area contributed by atoms with Crippen LogP contribution in [0.4, 0.5) is 13.2 Å². The number of rotatable bonds is 3. The number of likely N-dealkylation sites (tertiary alicyclic amines) is 1. The lowest BCUT2D eigenvalue weighted by atomic mass is 10.1. The average molecular weight is 414 g/mol. The Kier molecular flexibility index (Phi) is 4.50. The Labute approximate surface area is 170 Å². The standard InChI is InChI=1S/C21H21F3N6/c1-12-10-30-21(25-12)16(20(23)24)9-18(26-30)13-7-14-11-29(27-19(14)17(22)8-13)15-3-5-28(2)6-4-15/h7-11,15,20H,3-6H2,1-2H3. The average Bonchev–Trinajstić information content (AvgIpc) is 3.30. The molecule has 6 nitrogen and oxygen atoms in total. The monoisotopic (exact) mass is 414 g/mol. The van der Waals surface area contributed by atoms with Gasteiger partial charge in [-0.2, -0.15) is 10.2 Å². The number of halogens is 3. The quantitative estimate of drug-likeness (QED) is 0.499. The predicted octanol–water partition coefficient (Wildman–Crippen LogP) is 4.40. The van der Waals surface area contributed by atoms with Crippen LogP contribution in [-0.4, -0.2) is 49.4 Å². The molecule has 0 aliphatic carbocycles. The Morgan fingerprint density at radius 3 is 2.57 bits per heavy atom. The minimum atomic E-state index is -2.71. The smallest absolute Gasteiger partial charge is 0.267 e. The van der Waals surface area contributed by atoms with Crippen LogP contribution < -0.4 is 0 Å². The van der Waals surface area contributed by atoms with Gasteiger partial charge in [0, 0.05) is 17.1 Å². The van der Waals surface area contributed by atoms with Gasteiger partial charge >= 0.3 is 0 Å². The molecule has 4 aromatic rings. The van der Waals surface area contributed by atoms with Crippen molar-refractivity contribution in [1.82, 2.24) is 29.3 Å². The van der Waals surface area contributed by atoms with Gasteiger partial charge in [0.25, 0.3) is 6.43 Å². The molecule has 0 spiro atoms. The Balaban J connectivity index is 1.59. The van der Waals surface area contributed by atoms with Crippen molar-refractivity contribution in [1.29, 1.82) is 0 Å². The summed E-state index contributed by atoms with van der Waals surface area (Å²) in [6.07, 6.45) is 2.62. The molecule has 0 amide bonds. The van der Waals surface area contributed by atoms with E-state index in [1.165, 1.54) is 16.6 Å². The van der Waals surface area contributed by atoms with Crippen molar-refractivity contribution in [2.45, 2.75) is 32.2 Å². The molecule has 5 rings (SSSR count). The molecule has 1 aliphatic rings. The van der Waals surface area contributed by atoms with Crippen molar-refractivity contribution in [3.8, 4) is 11.3 Å². The van der Waals surface area contributed by atoms with E-state index < -0.39 is 12.2 Å². The first kappa shape index (κ1) is 19.0. The van der Waals surface area contributed by atoms with Gasteiger partial charge in [0.2, 0.25) is 0 Å². The van der Waals surface area contributed by atoms with Crippen LogP contribution in [0.3, 0.4) is 0 Å². The van der Waals surface area contributed by atoms with E-state index in [1.54, 1.807) is 19.2 Å². The van der Waals surface area contributed by atoms with Gasteiger partial charge in [-0.05, 0) is 58.1 Å². The second-order valence-electron chi connectivity index (χ2n) is 7.98. The maximum absolute atomic E-state index is 14.9. The third kappa shape index (κ3) is 3.23. The minimum Gasteiger partial charge on any atom is -0.306 e. The molecule has 156 valence electrons. The molecular weight excluding hydrogens is 393 g/mol. The first-order valence-electron chi connectivity index (χ1n) is 9.91. The molecule has 0 atom stereocenters. The van der Waals surface area contributed by atoms with E-state index in [-0.39, 0.29) is 28.5 Å². The fourth-order valence-electron chi connectivity index (χ4n) is 4.12. The molecular formula is C21H21F3N6. The zero-order chi connectivity index (χ0) is 21.0. The second-order valence-corrected chi connectivity index (χ2v) is 7.98. The maximum atomic E-state index is 14.9. The molecule has 1 fully saturated rings. The van der Waals surface area contributed by atoms with Crippen molar-refractivity contribution >= 4 is 16.6 Å². The van der Waals surface area contributed by atoms with Crippen LogP contribution in [0.25, 0.3) is 27.8 Å². The van der Waals surface area contributed by atoms with Gasteiger partial charge in [0.1, 0.15) is 5.52 Å². The molecule has 4 heterocycles. The van der Waals surface area contributed by atoms with Gasteiger partial charge in [0.15, 0.2) is 11.5 Å². The Morgan fingerprint density at radius 2 is 1.83 bits per heavy atom. The molecule has 3 aromatic heterocycles. The molecule has 0 saturated carbocycles. The number of nitrogens with zero attached hydrogens (tertiary/aromatic N) is 6. The number of alkyl halides is 2. The number of imidazole rings is 1. The number of aromatic nitrogens is 5. The lowest BCUT2D eigenvalue weighted by molar-refractivity contribution is 0.152. The zero-order valence-electron chi connectivity index (χ0n) is 16.7. The SMILES string of the molecule is Cc1cn2nc(-c3cc(F)c4nn(C5CCN(C)CC5)cc4c3)cc(C(F)F)c2n1. The van der Waals surface area contributed by atoms with E-state index in [4.69, 9.17) is 0 Å². The third-order valence-corrected chi connectivity index (χ3v) is 5.75. The number of hydrogen-bond acceptors (Lipinski definition) is 4. The summed E-state index contributed by atoms with van der Waals surface area (Å²) < 4.78 is 45.2. The van der Waals surface area contributed by atoms with Crippen LogP contribution >= 0.6 is 0 Å². The van der Waals surface area contributed by atoms with Crippen LogP contribution in [0.15, 0.2) is 30.6 Å². The summed E-state index contributed by atoms with van der Waals surface area (Å²) in [4.78, 5) is 6.39. The highest BCUT2D eigenvalue weighted by Gasteiger charge is 2.22. The van der Waals surface area contributed by atoms with Gasteiger partial charge in [-0.15, -0.1) is 0 Å². The number of piperidine rings is 1. The van der Waals surface area contributed by atoms with Crippen LogP contribution in [-0.2, 0) is 0 Å². The Hall–Kier alpha value is -2.94. The van der Waals surface area contributed by atoms with Crippen molar-refractivity contribution < 1.29 is 13.2 Å². The third-order valence-electron chi connectivity index (χ3n) is 5.75. The summed E-state index contributed by atoms with van der Waals surface area (Å²) in [6.45, 7) is 3.66. The topological polar surface area (TPSA) is 51.3 Å². The van der Waals surface area contributed by atoms with Crippen LogP contribution in [0.5, 0.6) is 0 Å². The van der Waals surface area contributed by atoms with Gasteiger partial charge in [-0.1, -0.05) is 0 Å². The molecule has 0 radical (unpaired) electrons. The summed E-state index contributed by atoms with van der Waals surface area (Å²) in [5, 5.41) is 9.48. The van der Waals surface area contributed by atoms with Gasteiger partial charge in [0.05, 0.1) is 29.2 Å². The van der Waals surface area contributed by atoms with Crippen LogP contribution in [0.1, 0.15) is 36.6 Å². The minimum absolute atomic E-state index is 0.114. The van der Waals surface area contributed by atoms with Gasteiger partial charge in [-0.3, -0.25) is 4.68 Å². The maximum Gasteiger partial charge on any atom is 0.267 e. The Morgan fingerprint density at radius 1 is 1.07 bits per heavy atom. The molecule has 1 aromatic carbocycles. The number of fused-ring (bicyclic) bond motifs is 2. The van der Waals surface area contributed by atoms with Crippen LogP contribution in [0.2, 0.25) is 0 Å². The lowest BCUT2D eigenvalue weighted by Crippen LogP contribution is -2.31. The summed E-state index contributed by atoms with van der Waals surface area (Å²) in [6, 6.07) is 4.57. The highest BCUT2D eigenvalue weighted by atomic mass is 19.3. The van der Waals surface area contributed by atoms with Crippen molar-refractivity contribution in [2.24, 2.45) is 0 Å². The van der Waals surface area contributed by atoms with Crippen LogP contribution in [0, 0.1) is 12.7 Å². The molecule has 1 aliphatic heterocycles. The van der Waals surface area contributed by atoms with Crippen molar-refractivity contribution in [3.63, 3.8) is 0 Å². The fraction of sp³-hybridized carbons (Fsp3) is 0.381. The molecule has 0 N–H and O–H groups in total. The largest absolute Gasteiger partial charge is 0.306 e. The summed E-state index contributed by atoms with van der Waals surface area (Å²) in [5.41, 5.74) is 1.45. The normalized spacial score (nSPS) is 16.3. The Bertz CT molecular complexity index is 1240. The van der Waals surface area contributed by atoms with E-state index >= 15 is 0 Å². The first-order chi connectivity index (χ1) is 14.4. The van der Waals surface area contributed by atoms with E-state index in [2.05, 4.69) is 27.1 Å². The highest BCUT2D eigenvalue weighted by Crippen LogP contribution is 2.31. The summed E-state index contributed by atoms with van der Waals surface area (Å²) >= 11 is 0. The molecule has 0 unspecified atom stereocenters. The summed E-state index contributed by atoms with van der Waals surface area (Å²) in [5.74, 6) is -0.489. The van der Waals surface area contributed by atoms with E-state index in [9.17, 15) is 13.2 Å². The lowest BCUT2D eigenvalue weighted by Gasteiger charge is -2.28. The molecule has 9 heteroatoms. The van der Waals surface area contributed by atoms with E-state index in [0.29, 0.717) is 16.6 Å². The van der Waals surface area contributed by atoms with Gasteiger partial charge in [-0.25, -0.2) is 22.7 Å².